The highest BCUT2D eigenvalue weighted by Crippen LogP contribution is 2.12. The summed E-state index contributed by atoms with van der Waals surface area (Å²) >= 11 is 0. The van der Waals surface area contributed by atoms with E-state index in [1.54, 1.807) is 17.0 Å². The average Bonchev–Trinajstić information content (AvgIpc) is 2.63. The zero-order valence-corrected chi connectivity index (χ0v) is 16.1. The molecule has 0 aliphatic heterocycles. The van der Waals surface area contributed by atoms with Gasteiger partial charge in [-0.15, -0.1) is 0 Å². The topological polar surface area (TPSA) is 91.1 Å². The zero-order chi connectivity index (χ0) is 19.5. The fourth-order valence-electron chi connectivity index (χ4n) is 2.39. The summed E-state index contributed by atoms with van der Waals surface area (Å²) in [4.78, 5) is 30.8. The highest BCUT2D eigenvalue weighted by Gasteiger charge is 2.15. The number of carbonyl (C=O) groups excluding carboxylic acids is 1. The Morgan fingerprint density at radius 3 is 2.31 bits per heavy atom. The summed E-state index contributed by atoms with van der Waals surface area (Å²) in [5, 5.41) is 14.0. The first-order chi connectivity index (χ1) is 12.4. The van der Waals surface area contributed by atoms with Crippen molar-refractivity contribution in [3.63, 3.8) is 0 Å². The highest BCUT2D eigenvalue weighted by atomic mass is 16.6. The van der Waals surface area contributed by atoms with E-state index in [1.807, 2.05) is 25.8 Å². The van der Waals surface area contributed by atoms with Gasteiger partial charge in [0.2, 0.25) is 5.91 Å². The number of nitrogens with one attached hydrogen (secondary N) is 1. The van der Waals surface area contributed by atoms with Crippen LogP contribution < -0.4 is 5.32 Å². The molecule has 0 unspecified atom stereocenters. The van der Waals surface area contributed by atoms with Crippen molar-refractivity contribution in [3.05, 3.63) is 39.9 Å². The van der Waals surface area contributed by atoms with Gasteiger partial charge in [-0.2, -0.15) is 0 Å². The maximum atomic E-state index is 12.3. The maximum absolute atomic E-state index is 12.3. The number of benzene rings is 1. The number of likely N-dealkylation sites (N-methyl/N-ethyl adjacent to an activating group) is 2. The molecule has 1 rings (SSSR count). The van der Waals surface area contributed by atoms with Crippen LogP contribution in [0.1, 0.15) is 32.8 Å². The quantitative estimate of drug-likeness (QED) is 0.314. The van der Waals surface area contributed by atoms with E-state index in [4.69, 9.17) is 0 Å². The van der Waals surface area contributed by atoms with Gasteiger partial charge >= 0.3 is 0 Å². The van der Waals surface area contributed by atoms with Gasteiger partial charge in [0.25, 0.3) is 5.69 Å². The minimum atomic E-state index is -0.423. The number of amides is 1. The summed E-state index contributed by atoms with van der Waals surface area (Å²) in [5.74, 6) is 0.699. The molecule has 8 nitrogen and oxygen atoms in total. The van der Waals surface area contributed by atoms with Crippen LogP contribution >= 0.6 is 0 Å². The van der Waals surface area contributed by atoms with Crippen molar-refractivity contribution >= 4 is 17.6 Å². The van der Waals surface area contributed by atoms with Gasteiger partial charge in [0.1, 0.15) is 0 Å². The van der Waals surface area contributed by atoms with Gasteiger partial charge in [-0.1, -0.05) is 19.1 Å². The molecule has 0 atom stereocenters. The van der Waals surface area contributed by atoms with Crippen LogP contribution in [0.15, 0.2) is 29.3 Å². The van der Waals surface area contributed by atoms with Crippen LogP contribution in [-0.4, -0.2) is 59.8 Å². The third-order valence-corrected chi connectivity index (χ3v) is 3.94. The van der Waals surface area contributed by atoms with Crippen LogP contribution in [0.4, 0.5) is 5.69 Å². The first-order valence-electron chi connectivity index (χ1n) is 8.93. The van der Waals surface area contributed by atoms with Crippen LogP contribution in [0.3, 0.4) is 0 Å². The predicted molar refractivity (Wildman–Crippen MR) is 103 cm³/mol. The molecule has 8 heteroatoms. The smallest absolute Gasteiger partial charge is 0.269 e. The number of carbonyl (C=O) groups is 1. The summed E-state index contributed by atoms with van der Waals surface area (Å²) in [6.07, 6.45) is 0.939. The van der Waals surface area contributed by atoms with Crippen molar-refractivity contribution in [2.75, 3.05) is 33.2 Å². The summed E-state index contributed by atoms with van der Waals surface area (Å²) in [6.45, 7) is 8.72. The van der Waals surface area contributed by atoms with E-state index in [0.29, 0.717) is 25.6 Å². The van der Waals surface area contributed by atoms with Gasteiger partial charge in [0.05, 0.1) is 18.0 Å². The first-order valence-corrected chi connectivity index (χ1v) is 8.93. The largest absolute Gasteiger partial charge is 0.356 e. The normalized spacial score (nSPS) is 11.2. The molecule has 1 aromatic rings. The SMILES string of the molecule is CCCNC(=NCc1ccc([N+](=O)[O-])cc1)N(C)CC(=O)N(CC)CC. The minimum Gasteiger partial charge on any atom is -0.356 e. The number of nitrogens with zero attached hydrogens (tertiary/aromatic N) is 4. The molecule has 26 heavy (non-hydrogen) atoms. The van der Waals surface area contributed by atoms with Gasteiger partial charge in [-0.3, -0.25) is 14.9 Å². The number of nitro groups is 1. The average molecular weight is 363 g/mol. The number of aliphatic imine (C=N–C) groups is 1. The Kier molecular flexibility index (Phi) is 9.11. The molecule has 0 aliphatic rings. The van der Waals surface area contributed by atoms with Gasteiger partial charge in [0.15, 0.2) is 5.96 Å². The van der Waals surface area contributed by atoms with E-state index in [9.17, 15) is 14.9 Å². The Balaban J connectivity index is 2.81. The number of guanidine groups is 1. The summed E-state index contributed by atoms with van der Waals surface area (Å²) < 4.78 is 0. The Hall–Kier alpha value is -2.64. The molecule has 0 aliphatic carbocycles. The molecule has 0 fully saturated rings. The maximum Gasteiger partial charge on any atom is 0.269 e. The highest BCUT2D eigenvalue weighted by molar-refractivity contribution is 5.86. The molecule has 0 bridgehead atoms. The lowest BCUT2D eigenvalue weighted by molar-refractivity contribution is -0.384. The molecule has 144 valence electrons. The lowest BCUT2D eigenvalue weighted by Gasteiger charge is -2.25. The third-order valence-electron chi connectivity index (χ3n) is 3.94. The molecule has 1 amide bonds. The molecular weight excluding hydrogens is 334 g/mol. The van der Waals surface area contributed by atoms with E-state index >= 15 is 0 Å². The van der Waals surface area contributed by atoms with Crippen LogP contribution in [0, 0.1) is 10.1 Å². The number of rotatable bonds is 9. The third kappa shape index (κ3) is 6.70. The second-order valence-corrected chi connectivity index (χ2v) is 5.91. The second kappa shape index (κ2) is 11.1. The van der Waals surface area contributed by atoms with Crippen molar-refractivity contribution in [3.8, 4) is 0 Å². The predicted octanol–water partition coefficient (Wildman–Crippen LogP) is 2.25. The molecule has 0 heterocycles. The Bertz CT molecular complexity index is 612. The monoisotopic (exact) mass is 363 g/mol. The second-order valence-electron chi connectivity index (χ2n) is 5.91. The fraction of sp³-hybridized carbons (Fsp3) is 0.556. The standard InChI is InChI=1S/C18H29N5O3/c1-5-12-19-18(21(4)14-17(24)22(6-2)7-3)20-13-15-8-10-16(11-9-15)23(25)26/h8-11H,5-7,12-14H2,1-4H3,(H,19,20). The Labute approximate surface area is 155 Å². The van der Waals surface area contributed by atoms with Gasteiger partial charge in [-0.25, -0.2) is 4.99 Å². The molecule has 0 saturated carbocycles. The van der Waals surface area contributed by atoms with Gasteiger partial charge in [-0.05, 0) is 25.8 Å². The van der Waals surface area contributed by atoms with Crippen molar-refractivity contribution in [2.45, 2.75) is 33.7 Å². The minimum absolute atomic E-state index is 0.0545. The summed E-state index contributed by atoms with van der Waals surface area (Å²) in [5.41, 5.74) is 0.930. The molecule has 0 aromatic heterocycles. The zero-order valence-electron chi connectivity index (χ0n) is 16.1. The van der Waals surface area contributed by atoms with Crippen LogP contribution in [0.2, 0.25) is 0 Å². The number of nitro benzene ring substituents is 1. The van der Waals surface area contributed by atoms with Crippen molar-refractivity contribution < 1.29 is 9.72 Å². The van der Waals surface area contributed by atoms with E-state index in [0.717, 1.165) is 18.5 Å². The molecule has 0 saturated heterocycles. The first kappa shape index (κ1) is 21.4. The van der Waals surface area contributed by atoms with Gasteiger partial charge in [0, 0.05) is 38.8 Å². The van der Waals surface area contributed by atoms with Crippen molar-refractivity contribution in [2.24, 2.45) is 4.99 Å². The van der Waals surface area contributed by atoms with E-state index in [2.05, 4.69) is 17.2 Å². The lowest BCUT2D eigenvalue weighted by Crippen LogP contribution is -2.45. The Morgan fingerprint density at radius 1 is 1.19 bits per heavy atom. The molecule has 1 N–H and O–H groups in total. The van der Waals surface area contributed by atoms with Gasteiger partial charge < -0.3 is 15.1 Å². The summed E-state index contributed by atoms with van der Waals surface area (Å²) in [7, 11) is 1.83. The van der Waals surface area contributed by atoms with E-state index in [1.165, 1.54) is 12.1 Å². The van der Waals surface area contributed by atoms with E-state index in [-0.39, 0.29) is 18.1 Å². The van der Waals surface area contributed by atoms with Crippen LogP contribution in [0.5, 0.6) is 0 Å². The Morgan fingerprint density at radius 2 is 1.81 bits per heavy atom. The summed E-state index contributed by atoms with van der Waals surface area (Å²) in [6, 6.07) is 6.33. The van der Waals surface area contributed by atoms with E-state index < -0.39 is 4.92 Å². The molecule has 0 spiro atoms. The number of hydrogen-bond acceptors (Lipinski definition) is 4. The molecular formula is C18H29N5O3. The van der Waals surface area contributed by atoms with Crippen molar-refractivity contribution in [1.82, 2.24) is 15.1 Å². The van der Waals surface area contributed by atoms with Crippen LogP contribution in [-0.2, 0) is 11.3 Å². The number of hydrogen-bond donors (Lipinski definition) is 1. The molecule has 0 radical (unpaired) electrons. The number of non-ortho nitro benzene ring substituents is 1. The lowest BCUT2D eigenvalue weighted by atomic mass is 10.2. The fourth-order valence-corrected chi connectivity index (χ4v) is 2.39. The molecule has 1 aromatic carbocycles. The van der Waals surface area contributed by atoms with Crippen molar-refractivity contribution in [1.29, 1.82) is 0 Å². The van der Waals surface area contributed by atoms with Crippen LogP contribution in [0.25, 0.3) is 0 Å².